The molecule has 0 aliphatic heterocycles. The quantitative estimate of drug-likeness (QED) is 0.279. The van der Waals surface area contributed by atoms with Gasteiger partial charge in [0.25, 0.3) is 0 Å². The summed E-state index contributed by atoms with van der Waals surface area (Å²) in [5.41, 5.74) is 0. The van der Waals surface area contributed by atoms with Crippen LogP contribution in [0.4, 0.5) is 0 Å². The van der Waals surface area contributed by atoms with E-state index in [1.807, 2.05) is 21.1 Å². The van der Waals surface area contributed by atoms with Gasteiger partial charge in [-0.1, -0.05) is 0 Å². The molecule has 0 aromatic rings. The second-order valence-corrected chi connectivity index (χ2v) is 2.28. The number of nitrogens with zero attached hydrogens (tertiary/aromatic N) is 2. The highest BCUT2D eigenvalue weighted by Crippen LogP contribution is 1.71. The number of rotatable bonds is 3. The van der Waals surface area contributed by atoms with Crippen molar-refractivity contribution in [2.24, 2.45) is 0 Å². The molecular formula is C6H14N2. The van der Waals surface area contributed by atoms with Gasteiger partial charge in [-0.25, -0.2) is 6.72 Å². The van der Waals surface area contributed by atoms with Gasteiger partial charge in [0, 0.05) is 0 Å². The second-order valence-electron chi connectivity index (χ2n) is 2.28. The molecule has 0 aliphatic carbocycles. The van der Waals surface area contributed by atoms with Crippen molar-refractivity contribution < 1.29 is 4.58 Å². The number of hydrogen-bond donors (Lipinski definition) is 0. The molecular weight excluding hydrogens is 100 g/mol. The van der Waals surface area contributed by atoms with Gasteiger partial charge >= 0.3 is 0 Å². The van der Waals surface area contributed by atoms with Gasteiger partial charge in [0.1, 0.15) is 13.6 Å². The van der Waals surface area contributed by atoms with E-state index in [1.165, 1.54) is 0 Å². The Morgan fingerprint density at radius 1 is 1.50 bits per heavy atom. The van der Waals surface area contributed by atoms with Gasteiger partial charge < -0.3 is 9.48 Å². The third kappa shape index (κ3) is 5.63. The fourth-order valence-corrected chi connectivity index (χ4v) is 0.358. The second kappa shape index (κ2) is 3.61. The van der Waals surface area contributed by atoms with Crippen LogP contribution in [0.25, 0.3) is 0 Å². The molecule has 48 valence electrons. The van der Waals surface area contributed by atoms with E-state index in [0.29, 0.717) is 0 Å². The third-order valence-electron chi connectivity index (χ3n) is 0.900. The van der Waals surface area contributed by atoms with Crippen LogP contribution in [-0.2, 0) is 0 Å². The van der Waals surface area contributed by atoms with Crippen LogP contribution in [0, 0.1) is 0 Å². The Hall–Kier alpha value is -0.370. The Morgan fingerprint density at radius 2 is 2.00 bits per heavy atom. The lowest BCUT2D eigenvalue weighted by Gasteiger charge is -2.08. The van der Waals surface area contributed by atoms with Gasteiger partial charge in [-0.15, -0.1) is 0 Å². The van der Waals surface area contributed by atoms with Gasteiger partial charge in [0.2, 0.25) is 0 Å². The highest BCUT2D eigenvalue weighted by molar-refractivity contribution is 5.14. The van der Waals surface area contributed by atoms with Crippen LogP contribution in [-0.4, -0.2) is 50.4 Å². The molecule has 2 heteroatoms. The van der Waals surface area contributed by atoms with Crippen molar-refractivity contribution >= 4 is 6.72 Å². The molecule has 0 heterocycles. The molecule has 0 radical (unpaired) electrons. The van der Waals surface area contributed by atoms with E-state index in [4.69, 9.17) is 6.72 Å². The zero-order chi connectivity index (χ0) is 6.57. The zero-order valence-electron chi connectivity index (χ0n) is 5.89. The van der Waals surface area contributed by atoms with Crippen LogP contribution >= 0.6 is 0 Å². The highest BCUT2D eigenvalue weighted by Gasteiger charge is 1.88. The standard InChI is InChI=1S/C6H14N2/c1-7(2)5-6-8(3)4/h1H,5-6H2,2-4H3. The van der Waals surface area contributed by atoms with E-state index in [2.05, 4.69) is 4.90 Å². The van der Waals surface area contributed by atoms with E-state index in [1.54, 1.807) is 4.58 Å². The van der Waals surface area contributed by atoms with Crippen molar-refractivity contribution in [3.63, 3.8) is 0 Å². The van der Waals surface area contributed by atoms with Crippen LogP contribution in [0.3, 0.4) is 0 Å². The summed E-state index contributed by atoms with van der Waals surface area (Å²) in [7, 11) is 5.93. The van der Waals surface area contributed by atoms with Gasteiger partial charge in [-0.2, -0.15) is 0 Å². The van der Waals surface area contributed by atoms with E-state index in [-0.39, 0.29) is 0 Å². The van der Waals surface area contributed by atoms with Gasteiger partial charge in [-0.3, -0.25) is 0 Å². The predicted octanol–water partition coefficient (Wildman–Crippen LogP) is -0.232. The molecule has 0 saturated heterocycles. The maximum Gasteiger partial charge on any atom is 0.123 e. The fraction of sp³-hybridized carbons (Fsp3) is 0.833. The van der Waals surface area contributed by atoms with Crippen molar-refractivity contribution in [3.05, 3.63) is 0 Å². The maximum atomic E-state index is 5.35. The Morgan fingerprint density at radius 3 is 2.12 bits per heavy atom. The first-order valence-corrected chi connectivity index (χ1v) is 2.73. The summed E-state index contributed by atoms with van der Waals surface area (Å²) in [6.45, 7) is 7.29. The van der Waals surface area contributed by atoms with Crippen molar-refractivity contribution in [2.45, 2.75) is 0 Å². The fourth-order valence-electron chi connectivity index (χ4n) is 0.358. The highest BCUT2D eigenvalue weighted by atomic mass is 15.1. The molecule has 0 fully saturated rings. The lowest BCUT2D eigenvalue weighted by atomic mass is 10.6. The Labute approximate surface area is 51.4 Å². The molecule has 0 unspecified atom stereocenters. The van der Waals surface area contributed by atoms with Crippen LogP contribution in [0.5, 0.6) is 0 Å². The van der Waals surface area contributed by atoms with Crippen LogP contribution < -0.4 is 0 Å². The monoisotopic (exact) mass is 114 g/mol. The summed E-state index contributed by atoms with van der Waals surface area (Å²) < 4.78 is 1.68. The number of hydrogen-bond acceptors (Lipinski definition) is 1. The summed E-state index contributed by atoms with van der Waals surface area (Å²) in [5, 5.41) is 0. The predicted molar refractivity (Wildman–Crippen MR) is 35.7 cm³/mol. The normalized spacial score (nSPS) is 10.0. The molecule has 0 rings (SSSR count). The van der Waals surface area contributed by atoms with E-state index in [0.717, 1.165) is 13.1 Å². The molecule has 0 aromatic carbocycles. The molecule has 0 amide bonds. The topological polar surface area (TPSA) is 6.25 Å². The van der Waals surface area contributed by atoms with E-state index in [9.17, 15) is 0 Å². The Bertz CT molecular complexity index is 76.6. The van der Waals surface area contributed by atoms with Gasteiger partial charge in [0.15, 0.2) is 0 Å². The molecule has 0 atom stereocenters. The smallest absolute Gasteiger partial charge is 0.123 e. The van der Waals surface area contributed by atoms with Gasteiger partial charge in [0.05, 0.1) is 6.54 Å². The molecule has 0 saturated carbocycles. The molecule has 0 spiro atoms. The first-order valence-electron chi connectivity index (χ1n) is 2.73. The van der Waals surface area contributed by atoms with Crippen molar-refractivity contribution in [1.29, 1.82) is 0 Å². The van der Waals surface area contributed by atoms with Crippen molar-refractivity contribution in [1.82, 2.24) is 4.90 Å². The molecule has 0 aromatic heterocycles. The molecule has 2 nitrogen and oxygen atoms in total. The molecule has 8 heavy (non-hydrogen) atoms. The minimum Gasteiger partial charge on any atom is -0.418 e. The van der Waals surface area contributed by atoms with Crippen molar-refractivity contribution in [3.8, 4) is 0 Å². The van der Waals surface area contributed by atoms with Gasteiger partial charge in [-0.05, 0) is 14.1 Å². The molecule has 0 bridgehead atoms. The van der Waals surface area contributed by atoms with Crippen LogP contribution in [0.1, 0.15) is 0 Å². The zero-order valence-corrected chi connectivity index (χ0v) is 5.89. The summed E-state index contributed by atoms with van der Waals surface area (Å²) in [6.07, 6.45) is 0. The van der Waals surface area contributed by atoms with E-state index >= 15 is 0 Å². The third-order valence-corrected chi connectivity index (χ3v) is 0.900. The summed E-state index contributed by atoms with van der Waals surface area (Å²) >= 11 is 0. The summed E-state index contributed by atoms with van der Waals surface area (Å²) in [4.78, 5) is 2.10. The number of likely N-dealkylation sites (N-methyl/N-ethyl adjacent to an activating group) is 2. The first-order chi connectivity index (χ1) is 3.63. The molecule has 0 aliphatic rings. The lowest BCUT2D eigenvalue weighted by Crippen LogP contribution is -2.21. The average molecular weight is 114 g/mol. The van der Waals surface area contributed by atoms with Crippen LogP contribution in [0.2, 0.25) is 0 Å². The Balaban J connectivity index is 3.05. The Kier molecular flexibility index (Phi) is 3.44. The average Bonchev–Trinajstić information content (AvgIpc) is 1.61. The van der Waals surface area contributed by atoms with Crippen LogP contribution in [0.15, 0.2) is 0 Å². The summed E-state index contributed by atoms with van der Waals surface area (Å²) in [6, 6.07) is 0. The maximum absolute atomic E-state index is 5.35. The van der Waals surface area contributed by atoms with Crippen molar-refractivity contribution in [2.75, 3.05) is 34.2 Å². The summed E-state index contributed by atoms with van der Waals surface area (Å²) in [5.74, 6) is 0. The minimum atomic E-state index is 0.924. The molecule has 0 N–H and O–H groups in total. The van der Waals surface area contributed by atoms with E-state index < -0.39 is 0 Å². The first kappa shape index (κ1) is 7.63. The lowest BCUT2D eigenvalue weighted by molar-refractivity contribution is -0.488. The largest absolute Gasteiger partial charge is 0.418 e. The minimum absolute atomic E-state index is 0.924. The SMILES string of the molecule is [CH-]=[N+](C)CCN(C)C.